The highest BCUT2D eigenvalue weighted by Gasteiger charge is 2.13. The third-order valence-electron chi connectivity index (χ3n) is 2.54. The zero-order chi connectivity index (χ0) is 13.7. The first-order valence-corrected chi connectivity index (χ1v) is 5.97. The van der Waals surface area contributed by atoms with E-state index >= 15 is 0 Å². The van der Waals surface area contributed by atoms with Gasteiger partial charge >= 0.3 is 0 Å². The van der Waals surface area contributed by atoms with Crippen molar-refractivity contribution in [1.82, 2.24) is 15.2 Å². The van der Waals surface area contributed by atoms with Crippen LogP contribution in [0.2, 0.25) is 5.02 Å². The summed E-state index contributed by atoms with van der Waals surface area (Å²) in [6.07, 6.45) is 1.40. The van der Waals surface area contributed by atoms with Crippen LogP contribution in [0.15, 0.2) is 12.3 Å². The van der Waals surface area contributed by atoms with Gasteiger partial charge in [0.25, 0.3) is 5.91 Å². The Balaban J connectivity index is 2.63. The lowest BCUT2D eigenvalue weighted by Crippen LogP contribution is -2.38. The molecule has 1 rings (SSSR count). The minimum Gasteiger partial charge on any atom is -0.345 e. The number of likely N-dealkylation sites (N-methyl/N-ethyl adjacent to an activating group) is 1. The quantitative estimate of drug-likeness (QED) is 0.895. The lowest BCUT2D eigenvalue weighted by Gasteiger charge is -2.14. The maximum Gasteiger partial charge on any atom is 0.254 e. The molecule has 18 heavy (non-hydrogen) atoms. The first kappa shape index (κ1) is 14.4. The summed E-state index contributed by atoms with van der Waals surface area (Å²) >= 11 is 5.93. The van der Waals surface area contributed by atoms with Gasteiger partial charge in [-0.05, 0) is 19.9 Å². The number of hydrogen-bond donors (Lipinski definition) is 1. The third kappa shape index (κ3) is 3.70. The van der Waals surface area contributed by atoms with Crippen molar-refractivity contribution in [3.05, 3.63) is 28.5 Å². The van der Waals surface area contributed by atoms with Gasteiger partial charge < -0.3 is 10.2 Å². The molecule has 6 heteroatoms. The predicted octanol–water partition coefficient (Wildman–Crippen LogP) is 1.25. The predicted molar refractivity (Wildman–Crippen MR) is 69.6 cm³/mol. The Bertz CT molecular complexity index is 463. The van der Waals surface area contributed by atoms with Crippen LogP contribution in [0, 0.1) is 6.92 Å². The average Bonchev–Trinajstić information content (AvgIpc) is 2.34. The number of carbonyl (C=O) groups excluding carboxylic acids is 2. The Morgan fingerprint density at radius 1 is 1.50 bits per heavy atom. The van der Waals surface area contributed by atoms with Crippen LogP contribution in [0.1, 0.15) is 23.0 Å². The van der Waals surface area contributed by atoms with E-state index in [2.05, 4.69) is 10.3 Å². The fourth-order valence-corrected chi connectivity index (χ4v) is 1.55. The molecule has 0 spiro atoms. The molecule has 1 aromatic rings. The van der Waals surface area contributed by atoms with Gasteiger partial charge in [0.1, 0.15) is 0 Å². The number of hydrogen-bond acceptors (Lipinski definition) is 3. The van der Waals surface area contributed by atoms with E-state index in [9.17, 15) is 9.59 Å². The number of nitrogens with one attached hydrogen (secondary N) is 1. The molecule has 0 atom stereocenters. The molecular weight excluding hydrogens is 254 g/mol. The summed E-state index contributed by atoms with van der Waals surface area (Å²) in [5.74, 6) is -0.549. The van der Waals surface area contributed by atoms with Crippen LogP contribution in [0.5, 0.6) is 0 Å². The molecule has 5 nitrogen and oxygen atoms in total. The van der Waals surface area contributed by atoms with Crippen molar-refractivity contribution in [2.75, 3.05) is 20.1 Å². The Labute approximate surface area is 111 Å². The highest BCUT2D eigenvalue weighted by Crippen LogP contribution is 2.15. The number of halogens is 1. The van der Waals surface area contributed by atoms with Gasteiger partial charge in [0, 0.05) is 25.5 Å². The van der Waals surface area contributed by atoms with Gasteiger partial charge in [-0.3, -0.25) is 14.6 Å². The zero-order valence-corrected chi connectivity index (χ0v) is 11.4. The van der Waals surface area contributed by atoms with Crippen molar-refractivity contribution in [3.8, 4) is 0 Å². The van der Waals surface area contributed by atoms with Gasteiger partial charge in [-0.1, -0.05) is 11.6 Å². The van der Waals surface area contributed by atoms with Gasteiger partial charge in [0.2, 0.25) is 5.91 Å². The monoisotopic (exact) mass is 269 g/mol. The molecule has 0 saturated heterocycles. The molecule has 0 aliphatic heterocycles. The minimum absolute atomic E-state index is 0.0482. The maximum absolute atomic E-state index is 11.8. The van der Waals surface area contributed by atoms with E-state index in [0.29, 0.717) is 11.6 Å². The van der Waals surface area contributed by atoms with Crippen LogP contribution in [0.4, 0.5) is 0 Å². The van der Waals surface area contributed by atoms with E-state index in [1.54, 1.807) is 20.0 Å². The fourth-order valence-electron chi connectivity index (χ4n) is 1.26. The van der Waals surface area contributed by atoms with Crippen molar-refractivity contribution < 1.29 is 9.59 Å². The lowest BCUT2D eigenvalue weighted by molar-refractivity contribution is -0.128. The van der Waals surface area contributed by atoms with Gasteiger partial charge in [-0.15, -0.1) is 0 Å². The second-order valence-electron chi connectivity index (χ2n) is 3.90. The van der Waals surface area contributed by atoms with Crippen LogP contribution in [-0.4, -0.2) is 41.8 Å². The number of pyridine rings is 1. The minimum atomic E-state index is -0.398. The van der Waals surface area contributed by atoms with Crippen molar-refractivity contribution in [2.24, 2.45) is 0 Å². The van der Waals surface area contributed by atoms with Crippen molar-refractivity contribution >= 4 is 23.4 Å². The molecule has 0 aliphatic rings. The van der Waals surface area contributed by atoms with Crippen LogP contribution in [0.3, 0.4) is 0 Å². The third-order valence-corrected chi connectivity index (χ3v) is 2.85. The van der Waals surface area contributed by atoms with Crippen LogP contribution in [0.25, 0.3) is 0 Å². The van der Waals surface area contributed by atoms with Crippen LogP contribution in [-0.2, 0) is 4.79 Å². The van der Waals surface area contributed by atoms with Gasteiger partial charge in [-0.2, -0.15) is 0 Å². The molecule has 0 saturated carbocycles. The number of aryl methyl sites for hydroxylation is 1. The van der Waals surface area contributed by atoms with E-state index in [4.69, 9.17) is 11.6 Å². The Morgan fingerprint density at radius 2 is 2.17 bits per heavy atom. The summed E-state index contributed by atoms with van der Waals surface area (Å²) < 4.78 is 0. The van der Waals surface area contributed by atoms with Gasteiger partial charge in [-0.25, -0.2) is 0 Å². The summed E-state index contributed by atoms with van der Waals surface area (Å²) in [5.41, 5.74) is 1.01. The number of aromatic nitrogens is 1. The standard InChI is InChI=1S/C12H16ClN3O2/c1-4-16(3)11(17)7-15-12(18)9-6-14-8(2)5-10(9)13/h5-6H,4,7H2,1-3H3,(H,15,18). The number of rotatable bonds is 4. The first-order chi connectivity index (χ1) is 8.45. The van der Waals surface area contributed by atoms with Crippen LogP contribution >= 0.6 is 11.6 Å². The summed E-state index contributed by atoms with van der Waals surface area (Å²) in [6.45, 7) is 4.20. The van der Waals surface area contributed by atoms with Gasteiger partial charge in [0.15, 0.2) is 0 Å². The first-order valence-electron chi connectivity index (χ1n) is 5.60. The Hall–Kier alpha value is -1.62. The molecule has 0 radical (unpaired) electrons. The lowest BCUT2D eigenvalue weighted by atomic mass is 10.2. The summed E-state index contributed by atoms with van der Waals surface area (Å²) in [4.78, 5) is 28.8. The van der Waals surface area contributed by atoms with Crippen molar-refractivity contribution in [3.63, 3.8) is 0 Å². The molecule has 0 aliphatic carbocycles. The Kier molecular flexibility index (Phi) is 5.09. The highest BCUT2D eigenvalue weighted by atomic mass is 35.5. The normalized spacial score (nSPS) is 10.0. The van der Waals surface area contributed by atoms with E-state index in [-0.39, 0.29) is 18.0 Å². The summed E-state index contributed by atoms with van der Waals surface area (Å²) in [6, 6.07) is 1.61. The van der Waals surface area contributed by atoms with E-state index in [1.807, 2.05) is 6.92 Å². The molecule has 1 heterocycles. The molecule has 0 fully saturated rings. The molecule has 0 aromatic carbocycles. The highest BCUT2D eigenvalue weighted by molar-refractivity contribution is 6.33. The van der Waals surface area contributed by atoms with E-state index in [0.717, 1.165) is 5.69 Å². The van der Waals surface area contributed by atoms with Crippen molar-refractivity contribution in [2.45, 2.75) is 13.8 Å². The maximum atomic E-state index is 11.8. The topological polar surface area (TPSA) is 62.3 Å². The zero-order valence-electron chi connectivity index (χ0n) is 10.7. The molecule has 2 amide bonds. The molecule has 98 valence electrons. The molecular formula is C12H16ClN3O2. The van der Waals surface area contributed by atoms with Crippen LogP contribution < -0.4 is 5.32 Å². The molecule has 0 bridgehead atoms. The van der Waals surface area contributed by atoms with Gasteiger partial charge in [0.05, 0.1) is 17.1 Å². The van der Waals surface area contributed by atoms with E-state index < -0.39 is 5.91 Å². The number of carbonyl (C=O) groups is 2. The van der Waals surface area contributed by atoms with E-state index in [1.165, 1.54) is 11.1 Å². The second kappa shape index (κ2) is 6.35. The smallest absolute Gasteiger partial charge is 0.254 e. The largest absolute Gasteiger partial charge is 0.345 e. The molecule has 1 N–H and O–H groups in total. The van der Waals surface area contributed by atoms with Crippen molar-refractivity contribution in [1.29, 1.82) is 0 Å². The Morgan fingerprint density at radius 3 is 2.72 bits per heavy atom. The fraction of sp³-hybridized carbons (Fsp3) is 0.417. The number of amides is 2. The SMILES string of the molecule is CCN(C)C(=O)CNC(=O)c1cnc(C)cc1Cl. The summed E-state index contributed by atoms with van der Waals surface area (Å²) in [5, 5.41) is 2.85. The summed E-state index contributed by atoms with van der Waals surface area (Å²) in [7, 11) is 1.68. The second-order valence-corrected chi connectivity index (χ2v) is 4.30. The number of nitrogens with zero attached hydrogens (tertiary/aromatic N) is 2. The molecule has 1 aromatic heterocycles. The average molecular weight is 270 g/mol. The molecule has 0 unspecified atom stereocenters.